The Kier molecular flexibility index (Phi) is 5.82. The first-order valence-corrected chi connectivity index (χ1v) is 10.5. The number of nitrogens with one attached hydrogen (secondary N) is 2. The van der Waals surface area contributed by atoms with Crippen LogP contribution in [-0.4, -0.2) is 27.5 Å². The van der Waals surface area contributed by atoms with Crippen LogP contribution in [0.15, 0.2) is 47.4 Å². The minimum atomic E-state index is -3.61. The highest BCUT2D eigenvalue weighted by atomic mass is 32.2. The van der Waals surface area contributed by atoms with Crippen molar-refractivity contribution in [2.24, 2.45) is 0 Å². The first kappa shape index (κ1) is 19.4. The Hall–Kier alpha value is -2.38. The molecule has 0 atom stereocenters. The van der Waals surface area contributed by atoms with Gasteiger partial charge in [-0.05, 0) is 69.5 Å². The molecule has 0 saturated heterocycles. The van der Waals surface area contributed by atoms with Crippen molar-refractivity contribution >= 4 is 21.6 Å². The second-order valence-corrected chi connectivity index (χ2v) is 8.58. The number of rotatable bonds is 6. The molecule has 0 bridgehead atoms. The fourth-order valence-electron chi connectivity index (χ4n) is 3.17. The summed E-state index contributed by atoms with van der Waals surface area (Å²) in [7, 11) is -2.28. The highest BCUT2D eigenvalue weighted by molar-refractivity contribution is 7.89. The van der Waals surface area contributed by atoms with Gasteiger partial charge in [0.25, 0.3) is 5.91 Å². The van der Waals surface area contributed by atoms with Crippen LogP contribution in [0.2, 0.25) is 0 Å². The van der Waals surface area contributed by atoms with Crippen LogP contribution in [0, 0.1) is 6.92 Å². The molecule has 2 aromatic carbocycles. The lowest BCUT2D eigenvalue weighted by atomic mass is 10.1. The van der Waals surface area contributed by atoms with Gasteiger partial charge in [0, 0.05) is 17.3 Å². The Morgan fingerprint density at radius 3 is 2.56 bits per heavy atom. The van der Waals surface area contributed by atoms with Gasteiger partial charge < -0.3 is 10.1 Å². The second-order valence-electron chi connectivity index (χ2n) is 6.69. The van der Waals surface area contributed by atoms with Gasteiger partial charge in [0.15, 0.2) is 0 Å². The number of ether oxygens (including phenoxy) is 1. The first-order chi connectivity index (χ1) is 12.9. The first-order valence-electron chi connectivity index (χ1n) is 9.01. The molecule has 2 aromatic rings. The summed E-state index contributed by atoms with van der Waals surface area (Å²) >= 11 is 0. The van der Waals surface area contributed by atoms with Crippen molar-refractivity contribution in [3.8, 4) is 5.75 Å². The van der Waals surface area contributed by atoms with Gasteiger partial charge in [0.1, 0.15) is 5.75 Å². The Bertz CT molecular complexity index is 935. The number of aryl methyl sites for hydroxylation is 1. The monoisotopic (exact) mass is 388 g/mol. The fourth-order valence-corrected chi connectivity index (χ4v) is 3.93. The molecule has 6 nitrogen and oxygen atoms in total. The molecule has 7 heteroatoms. The lowest BCUT2D eigenvalue weighted by Gasteiger charge is -2.14. The Labute approximate surface area is 160 Å². The number of amides is 1. The van der Waals surface area contributed by atoms with E-state index in [1.165, 1.54) is 32.0 Å². The van der Waals surface area contributed by atoms with E-state index in [9.17, 15) is 13.2 Å². The molecule has 0 aromatic heterocycles. The summed E-state index contributed by atoms with van der Waals surface area (Å²) in [5.41, 5.74) is 1.62. The lowest BCUT2D eigenvalue weighted by molar-refractivity contribution is 0.102. The Morgan fingerprint density at radius 1 is 1.11 bits per heavy atom. The van der Waals surface area contributed by atoms with Crippen molar-refractivity contribution in [2.45, 2.75) is 43.6 Å². The van der Waals surface area contributed by atoms with Crippen molar-refractivity contribution in [2.75, 3.05) is 12.4 Å². The number of benzene rings is 2. The van der Waals surface area contributed by atoms with Gasteiger partial charge in [0.05, 0.1) is 11.0 Å². The molecule has 1 amide bonds. The number of anilines is 1. The van der Waals surface area contributed by atoms with E-state index in [2.05, 4.69) is 10.0 Å². The zero-order valence-corrected chi connectivity index (χ0v) is 16.3. The van der Waals surface area contributed by atoms with Crippen molar-refractivity contribution in [3.63, 3.8) is 0 Å². The summed E-state index contributed by atoms with van der Waals surface area (Å²) in [6.45, 7) is 1.77. The van der Waals surface area contributed by atoms with Gasteiger partial charge in [-0.2, -0.15) is 0 Å². The molecule has 27 heavy (non-hydrogen) atoms. The summed E-state index contributed by atoms with van der Waals surface area (Å²) in [5, 5.41) is 2.83. The highest BCUT2D eigenvalue weighted by Crippen LogP contribution is 2.26. The smallest absolute Gasteiger partial charge is 0.255 e. The fraction of sp³-hybridized carbons (Fsp3) is 0.350. The summed E-state index contributed by atoms with van der Waals surface area (Å²) in [5.74, 6) is 0.363. The van der Waals surface area contributed by atoms with E-state index in [-0.39, 0.29) is 16.9 Å². The van der Waals surface area contributed by atoms with Gasteiger partial charge in [-0.15, -0.1) is 0 Å². The van der Waals surface area contributed by atoms with Gasteiger partial charge in [0.2, 0.25) is 10.0 Å². The minimum Gasteiger partial charge on any atom is -0.490 e. The van der Waals surface area contributed by atoms with Gasteiger partial charge in [-0.25, -0.2) is 13.1 Å². The zero-order chi connectivity index (χ0) is 19.4. The Balaban J connectivity index is 1.78. The SMILES string of the molecule is CNS(=O)(=O)c1ccc(C)c(C(=O)Nc2cccc(OC3CCCC3)c2)c1. The molecule has 1 fully saturated rings. The van der Waals surface area contributed by atoms with Gasteiger partial charge >= 0.3 is 0 Å². The van der Waals surface area contributed by atoms with E-state index in [0.29, 0.717) is 16.8 Å². The number of hydrogen-bond acceptors (Lipinski definition) is 4. The average molecular weight is 388 g/mol. The van der Waals surface area contributed by atoms with Crippen LogP contribution in [0.5, 0.6) is 5.75 Å². The zero-order valence-electron chi connectivity index (χ0n) is 15.5. The van der Waals surface area contributed by atoms with Crippen LogP contribution in [-0.2, 0) is 10.0 Å². The van der Waals surface area contributed by atoms with E-state index >= 15 is 0 Å². The molecule has 144 valence electrons. The standard InChI is InChI=1S/C20H24N2O4S/c1-14-10-11-18(27(24,25)21-2)13-19(14)20(23)22-15-6-5-9-17(12-15)26-16-7-3-4-8-16/h5-6,9-13,16,21H,3-4,7-8H2,1-2H3,(H,22,23). The molecule has 3 rings (SSSR count). The largest absolute Gasteiger partial charge is 0.490 e. The summed E-state index contributed by atoms with van der Waals surface area (Å²) < 4.78 is 32.2. The number of sulfonamides is 1. The maximum atomic E-state index is 12.7. The van der Waals surface area contributed by atoms with E-state index in [4.69, 9.17) is 4.74 Å². The lowest BCUT2D eigenvalue weighted by Crippen LogP contribution is -2.20. The molecule has 2 N–H and O–H groups in total. The van der Waals surface area contributed by atoms with E-state index in [0.717, 1.165) is 18.6 Å². The van der Waals surface area contributed by atoms with Gasteiger partial charge in [-0.1, -0.05) is 12.1 Å². The van der Waals surface area contributed by atoms with Gasteiger partial charge in [-0.3, -0.25) is 4.79 Å². The molecule has 1 aliphatic carbocycles. The normalized spacial score (nSPS) is 14.9. The second kappa shape index (κ2) is 8.10. The maximum Gasteiger partial charge on any atom is 0.255 e. The third kappa shape index (κ3) is 4.67. The van der Waals surface area contributed by atoms with Crippen molar-refractivity contribution in [3.05, 3.63) is 53.6 Å². The maximum absolute atomic E-state index is 12.7. The minimum absolute atomic E-state index is 0.0547. The predicted octanol–water partition coefficient (Wildman–Crippen LogP) is 3.48. The number of carbonyl (C=O) groups is 1. The topological polar surface area (TPSA) is 84.5 Å². The molecular weight excluding hydrogens is 364 g/mol. The molecule has 0 spiro atoms. The van der Waals surface area contributed by atoms with Crippen LogP contribution in [0.25, 0.3) is 0 Å². The molecule has 0 aliphatic heterocycles. The molecule has 1 saturated carbocycles. The van der Waals surface area contributed by atoms with E-state index in [1.54, 1.807) is 25.1 Å². The summed E-state index contributed by atoms with van der Waals surface area (Å²) in [6, 6.07) is 11.8. The Morgan fingerprint density at radius 2 is 1.85 bits per heavy atom. The molecule has 1 aliphatic rings. The molecular formula is C20H24N2O4S. The van der Waals surface area contributed by atoms with E-state index in [1.807, 2.05) is 12.1 Å². The third-order valence-corrected chi connectivity index (χ3v) is 6.14. The average Bonchev–Trinajstić information content (AvgIpc) is 3.15. The quantitative estimate of drug-likeness (QED) is 0.793. The highest BCUT2D eigenvalue weighted by Gasteiger charge is 2.18. The predicted molar refractivity (Wildman–Crippen MR) is 105 cm³/mol. The molecule has 0 heterocycles. The van der Waals surface area contributed by atoms with Crippen LogP contribution >= 0.6 is 0 Å². The van der Waals surface area contributed by atoms with Crippen molar-refractivity contribution in [1.29, 1.82) is 0 Å². The van der Waals surface area contributed by atoms with Crippen molar-refractivity contribution < 1.29 is 17.9 Å². The third-order valence-electron chi connectivity index (χ3n) is 4.73. The molecule has 0 unspecified atom stereocenters. The summed E-state index contributed by atoms with van der Waals surface area (Å²) in [6.07, 6.45) is 4.73. The van der Waals surface area contributed by atoms with Crippen LogP contribution in [0.1, 0.15) is 41.6 Å². The summed E-state index contributed by atoms with van der Waals surface area (Å²) in [4.78, 5) is 12.7. The number of hydrogen-bond donors (Lipinski definition) is 2. The molecule has 0 radical (unpaired) electrons. The van der Waals surface area contributed by atoms with E-state index < -0.39 is 10.0 Å². The van der Waals surface area contributed by atoms with Crippen molar-refractivity contribution in [1.82, 2.24) is 4.72 Å². The van der Waals surface area contributed by atoms with Crippen LogP contribution in [0.3, 0.4) is 0 Å². The van der Waals surface area contributed by atoms with Crippen LogP contribution in [0.4, 0.5) is 5.69 Å². The number of carbonyl (C=O) groups excluding carboxylic acids is 1. The van der Waals surface area contributed by atoms with Crippen LogP contribution < -0.4 is 14.8 Å².